The van der Waals surface area contributed by atoms with Crippen LogP contribution in [0.4, 0.5) is 0 Å². The van der Waals surface area contributed by atoms with E-state index < -0.39 is 0 Å². The van der Waals surface area contributed by atoms with Crippen molar-refractivity contribution in [3.8, 4) is 0 Å². The highest BCUT2D eigenvalue weighted by atomic mass is 32.2. The fraction of sp³-hybridized carbons (Fsp3) is 0.857. The number of allylic oxidation sites excluding steroid dienone is 1. The Labute approximate surface area is 121 Å². The van der Waals surface area contributed by atoms with Gasteiger partial charge in [0.2, 0.25) is 0 Å². The van der Waals surface area contributed by atoms with Crippen LogP contribution in [0.1, 0.15) is 45.4 Å². The van der Waals surface area contributed by atoms with Crippen LogP contribution in [-0.4, -0.2) is 30.0 Å². The Balaban J connectivity index is 1.72. The fourth-order valence-electron chi connectivity index (χ4n) is 3.18. The van der Waals surface area contributed by atoms with E-state index in [-0.39, 0.29) is 13.1 Å². The van der Waals surface area contributed by atoms with E-state index in [0.717, 1.165) is 18.8 Å². The van der Waals surface area contributed by atoms with Crippen molar-refractivity contribution in [1.82, 2.24) is 0 Å². The van der Waals surface area contributed by atoms with Crippen molar-refractivity contribution in [3.05, 3.63) is 12.3 Å². The van der Waals surface area contributed by atoms with Crippen LogP contribution in [0.2, 0.25) is 0 Å². The highest BCUT2D eigenvalue weighted by Crippen LogP contribution is 2.40. The van der Waals surface area contributed by atoms with Crippen LogP contribution in [0.3, 0.4) is 0 Å². The lowest BCUT2D eigenvalue weighted by Crippen LogP contribution is -2.13. The molecule has 0 bridgehead atoms. The maximum Gasteiger partial charge on any atom is 0.436 e. The molecule has 1 N–H and O–H groups in total. The summed E-state index contributed by atoms with van der Waals surface area (Å²) in [4.78, 5) is 0. The van der Waals surface area contributed by atoms with Crippen LogP contribution in [-0.2, 0) is 9.39 Å². The summed E-state index contributed by atoms with van der Waals surface area (Å²) in [5.74, 6) is 2.24. The standard InChI is InChI=1S/C14H25BO3S/c1-3-4-13-10(2)17-9-11(13)5-6-12-7-8-14(19-12)18-15-16/h11-16H,2-9H2,1H3. The summed E-state index contributed by atoms with van der Waals surface area (Å²) < 4.78 is 10.9. The Hall–Kier alpha value is -0.125. The predicted molar refractivity (Wildman–Crippen MR) is 81.1 cm³/mol. The Morgan fingerprint density at radius 3 is 3.00 bits per heavy atom. The molecule has 2 aliphatic heterocycles. The molecule has 3 nitrogen and oxygen atoms in total. The second kappa shape index (κ2) is 7.60. The van der Waals surface area contributed by atoms with Gasteiger partial charge in [-0.25, -0.2) is 0 Å². The van der Waals surface area contributed by atoms with E-state index >= 15 is 0 Å². The van der Waals surface area contributed by atoms with Crippen molar-refractivity contribution in [1.29, 1.82) is 0 Å². The van der Waals surface area contributed by atoms with Crippen LogP contribution < -0.4 is 0 Å². The topological polar surface area (TPSA) is 38.7 Å². The normalized spacial score (nSPS) is 34.5. The molecule has 5 heteroatoms. The van der Waals surface area contributed by atoms with Gasteiger partial charge in [-0.05, 0) is 32.1 Å². The summed E-state index contributed by atoms with van der Waals surface area (Å²) in [6.45, 7) is 7.13. The maximum atomic E-state index is 8.78. The molecule has 0 spiro atoms. The van der Waals surface area contributed by atoms with Gasteiger partial charge >= 0.3 is 7.69 Å². The Bertz CT molecular complexity index is 300. The smallest absolute Gasteiger partial charge is 0.436 e. The third-order valence-electron chi connectivity index (χ3n) is 4.25. The zero-order chi connectivity index (χ0) is 13.7. The summed E-state index contributed by atoms with van der Waals surface area (Å²) in [6, 6.07) is 0. The Kier molecular flexibility index (Phi) is 6.11. The first-order valence-corrected chi connectivity index (χ1v) is 8.38. The highest BCUT2D eigenvalue weighted by molar-refractivity contribution is 8.00. The molecule has 0 amide bonds. The van der Waals surface area contributed by atoms with E-state index in [0.29, 0.717) is 17.1 Å². The molecule has 0 aromatic heterocycles. The first-order chi connectivity index (χ1) is 9.24. The lowest BCUT2D eigenvalue weighted by Gasteiger charge is -2.18. The number of rotatable bonds is 7. The third kappa shape index (κ3) is 4.17. The number of hydrogen-bond donors (Lipinski definition) is 1. The second-order valence-corrected chi connectivity index (χ2v) is 7.04. The minimum absolute atomic E-state index is 0.154. The molecule has 0 aromatic carbocycles. The molecule has 4 unspecified atom stereocenters. The Morgan fingerprint density at radius 1 is 1.42 bits per heavy atom. The molecule has 2 aliphatic rings. The van der Waals surface area contributed by atoms with Crippen LogP contribution in [0, 0.1) is 11.8 Å². The largest absolute Gasteiger partial charge is 0.498 e. The minimum atomic E-state index is -0.154. The summed E-state index contributed by atoms with van der Waals surface area (Å²) in [5.41, 5.74) is 0.205. The first-order valence-electron chi connectivity index (χ1n) is 7.44. The quantitative estimate of drug-likeness (QED) is 0.730. The first kappa shape index (κ1) is 15.3. The van der Waals surface area contributed by atoms with Gasteiger partial charge in [0.1, 0.15) is 0 Å². The van der Waals surface area contributed by atoms with E-state index in [1.807, 2.05) is 11.8 Å². The van der Waals surface area contributed by atoms with Gasteiger partial charge in [-0.3, -0.25) is 0 Å². The molecule has 19 heavy (non-hydrogen) atoms. The van der Waals surface area contributed by atoms with Crippen molar-refractivity contribution in [3.63, 3.8) is 0 Å². The molecule has 2 saturated heterocycles. The average molecular weight is 284 g/mol. The average Bonchev–Trinajstić information content (AvgIpc) is 2.97. The maximum absolute atomic E-state index is 8.78. The highest BCUT2D eigenvalue weighted by Gasteiger charge is 2.33. The van der Waals surface area contributed by atoms with E-state index in [2.05, 4.69) is 13.5 Å². The molecule has 108 valence electrons. The zero-order valence-corrected chi connectivity index (χ0v) is 12.7. The second-order valence-electron chi connectivity index (χ2n) is 5.57. The van der Waals surface area contributed by atoms with Crippen molar-refractivity contribution in [2.75, 3.05) is 6.61 Å². The molecule has 0 radical (unpaired) electrons. The molecule has 2 heterocycles. The molecule has 2 rings (SSSR count). The van der Waals surface area contributed by atoms with Crippen molar-refractivity contribution in [2.24, 2.45) is 11.8 Å². The predicted octanol–water partition coefficient (Wildman–Crippen LogP) is 2.84. The summed E-state index contributed by atoms with van der Waals surface area (Å²) >= 11 is 1.89. The molecule has 2 fully saturated rings. The fourth-order valence-corrected chi connectivity index (χ4v) is 4.57. The van der Waals surface area contributed by atoms with Crippen molar-refractivity contribution in [2.45, 2.75) is 56.1 Å². The van der Waals surface area contributed by atoms with Gasteiger partial charge in [0, 0.05) is 17.1 Å². The van der Waals surface area contributed by atoms with E-state index in [9.17, 15) is 0 Å². The van der Waals surface area contributed by atoms with E-state index in [1.165, 1.54) is 32.1 Å². The van der Waals surface area contributed by atoms with Crippen molar-refractivity contribution >= 4 is 19.4 Å². The lowest BCUT2D eigenvalue weighted by atomic mass is 9.86. The molecule has 0 aromatic rings. The van der Waals surface area contributed by atoms with Crippen LogP contribution in [0.25, 0.3) is 0 Å². The number of ether oxygens (including phenoxy) is 1. The SMILES string of the molecule is C=C1OCC(CCC2CCC(OBO)S2)C1CCC. The number of thioether (sulfide) groups is 1. The van der Waals surface area contributed by atoms with Gasteiger partial charge in [-0.2, -0.15) is 0 Å². The zero-order valence-electron chi connectivity index (χ0n) is 11.8. The summed E-state index contributed by atoms with van der Waals surface area (Å²) in [5, 5.41) is 9.46. The van der Waals surface area contributed by atoms with E-state index in [4.69, 9.17) is 14.4 Å². The van der Waals surface area contributed by atoms with Gasteiger partial charge in [0.05, 0.1) is 17.8 Å². The van der Waals surface area contributed by atoms with Crippen molar-refractivity contribution < 1.29 is 14.4 Å². The molecule has 4 atom stereocenters. The van der Waals surface area contributed by atoms with Gasteiger partial charge in [-0.1, -0.05) is 19.9 Å². The molecule has 0 saturated carbocycles. The van der Waals surface area contributed by atoms with Gasteiger partial charge < -0.3 is 14.4 Å². The van der Waals surface area contributed by atoms with Crippen LogP contribution in [0.5, 0.6) is 0 Å². The minimum Gasteiger partial charge on any atom is -0.498 e. The van der Waals surface area contributed by atoms with E-state index in [1.54, 1.807) is 0 Å². The van der Waals surface area contributed by atoms with Gasteiger partial charge in [0.15, 0.2) is 0 Å². The van der Waals surface area contributed by atoms with Gasteiger partial charge in [-0.15, -0.1) is 11.8 Å². The number of hydrogen-bond acceptors (Lipinski definition) is 4. The lowest BCUT2D eigenvalue weighted by molar-refractivity contribution is 0.237. The molecular formula is C14H25BO3S. The molecular weight excluding hydrogens is 259 g/mol. The summed E-state index contributed by atoms with van der Waals surface area (Å²) in [7, 11) is -0.154. The molecule has 0 aliphatic carbocycles. The van der Waals surface area contributed by atoms with Crippen LogP contribution in [0.15, 0.2) is 12.3 Å². The summed E-state index contributed by atoms with van der Waals surface area (Å²) in [6.07, 6.45) is 7.15. The van der Waals surface area contributed by atoms with Crippen LogP contribution >= 0.6 is 11.8 Å². The third-order valence-corrected chi connectivity index (χ3v) is 5.79. The van der Waals surface area contributed by atoms with Gasteiger partial charge in [0.25, 0.3) is 0 Å². The monoisotopic (exact) mass is 284 g/mol. The Morgan fingerprint density at radius 2 is 2.26 bits per heavy atom.